The molecule has 1 saturated carbocycles. The van der Waals surface area contributed by atoms with Gasteiger partial charge in [0, 0.05) is 17.8 Å². The van der Waals surface area contributed by atoms with Gasteiger partial charge in [0.15, 0.2) is 0 Å². The van der Waals surface area contributed by atoms with Crippen molar-refractivity contribution in [1.82, 2.24) is 10.6 Å². The van der Waals surface area contributed by atoms with Crippen LogP contribution in [0.1, 0.15) is 32.6 Å². The van der Waals surface area contributed by atoms with Crippen molar-refractivity contribution in [3.8, 4) is 0 Å². The summed E-state index contributed by atoms with van der Waals surface area (Å²) >= 11 is 2.00. The SMILES string of the molecule is CCSC1CCCC1NC(=O)C1CCNC1. The molecule has 2 N–H and O–H groups in total. The fourth-order valence-electron chi connectivity index (χ4n) is 2.68. The van der Waals surface area contributed by atoms with E-state index in [1.807, 2.05) is 11.8 Å². The first-order valence-electron chi connectivity index (χ1n) is 6.44. The van der Waals surface area contributed by atoms with Crippen molar-refractivity contribution in [1.29, 1.82) is 0 Å². The first-order valence-corrected chi connectivity index (χ1v) is 7.49. The average molecular weight is 242 g/mol. The van der Waals surface area contributed by atoms with E-state index in [0.29, 0.717) is 11.3 Å². The van der Waals surface area contributed by atoms with Crippen molar-refractivity contribution in [2.75, 3.05) is 18.8 Å². The van der Waals surface area contributed by atoms with Crippen LogP contribution in [0.4, 0.5) is 0 Å². The predicted octanol–water partition coefficient (Wildman–Crippen LogP) is 1.39. The Balaban J connectivity index is 1.81. The van der Waals surface area contributed by atoms with Crippen LogP contribution in [-0.4, -0.2) is 36.0 Å². The number of nitrogens with one attached hydrogen (secondary N) is 2. The normalized spacial score (nSPS) is 34.2. The van der Waals surface area contributed by atoms with Gasteiger partial charge in [-0.25, -0.2) is 0 Å². The molecule has 1 heterocycles. The second-order valence-corrected chi connectivity index (χ2v) is 6.25. The number of thioether (sulfide) groups is 1. The molecule has 0 aromatic rings. The van der Waals surface area contributed by atoms with Crippen LogP contribution < -0.4 is 10.6 Å². The lowest BCUT2D eigenvalue weighted by atomic mass is 10.1. The molecule has 1 saturated heterocycles. The average Bonchev–Trinajstić information content (AvgIpc) is 2.90. The van der Waals surface area contributed by atoms with Gasteiger partial charge in [0.05, 0.1) is 5.92 Å². The number of rotatable bonds is 4. The van der Waals surface area contributed by atoms with Gasteiger partial charge in [-0.2, -0.15) is 11.8 Å². The molecule has 2 fully saturated rings. The fourth-order valence-corrected chi connectivity index (χ4v) is 3.88. The van der Waals surface area contributed by atoms with Crippen LogP contribution in [0.2, 0.25) is 0 Å². The van der Waals surface area contributed by atoms with Crippen LogP contribution in [-0.2, 0) is 4.79 Å². The Bertz CT molecular complexity index is 241. The first kappa shape index (κ1) is 12.2. The number of amides is 1. The summed E-state index contributed by atoms with van der Waals surface area (Å²) in [4.78, 5) is 12.0. The van der Waals surface area contributed by atoms with Crippen molar-refractivity contribution >= 4 is 17.7 Å². The molecule has 92 valence electrons. The Kier molecular flexibility index (Phi) is 4.53. The van der Waals surface area contributed by atoms with E-state index in [2.05, 4.69) is 17.6 Å². The molecule has 0 bridgehead atoms. The van der Waals surface area contributed by atoms with Crippen molar-refractivity contribution in [2.24, 2.45) is 5.92 Å². The summed E-state index contributed by atoms with van der Waals surface area (Å²) in [7, 11) is 0. The zero-order chi connectivity index (χ0) is 11.4. The van der Waals surface area contributed by atoms with Crippen LogP contribution in [0.5, 0.6) is 0 Å². The molecule has 0 aromatic heterocycles. The topological polar surface area (TPSA) is 41.1 Å². The summed E-state index contributed by atoms with van der Waals surface area (Å²) < 4.78 is 0. The third-order valence-electron chi connectivity index (χ3n) is 3.59. The van der Waals surface area contributed by atoms with Gasteiger partial charge < -0.3 is 10.6 Å². The highest BCUT2D eigenvalue weighted by Crippen LogP contribution is 2.30. The summed E-state index contributed by atoms with van der Waals surface area (Å²) in [6.45, 7) is 4.06. The van der Waals surface area contributed by atoms with Crippen molar-refractivity contribution in [3.05, 3.63) is 0 Å². The molecule has 0 spiro atoms. The van der Waals surface area contributed by atoms with E-state index in [0.717, 1.165) is 25.3 Å². The molecule has 3 unspecified atom stereocenters. The Morgan fingerprint density at radius 1 is 1.44 bits per heavy atom. The zero-order valence-electron chi connectivity index (χ0n) is 10.00. The number of carbonyl (C=O) groups excluding carboxylic acids is 1. The standard InChI is InChI=1S/C12H22N2OS/c1-2-16-11-5-3-4-10(11)14-12(15)9-6-7-13-8-9/h9-11,13H,2-8H2,1H3,(H,14,15). The largest absolute Gasteiger partial charge is 0.352 e. The predicted molar refractivity (Wildman–Crippen MR) is 68.7 cm³/mol. The monoisotopic (exact) mass is 242 g/mol. The molecule has 3 nitrogen and oxygen atoms in total. The molecule has 4 heteroatoms. The van der Waals surface area contributed by atoms with Crippen molar-refractivity contribution in [2.45, 2.75) is 43.9 Å². The highest BCUT2D eigenvalue weighted by molar-refractivity contribution is 7.99. The molecule has 1 aliphatic heterocycles. The van der Waals surface area contributed by atoms with Gasteiger partial charge in [-0.3, -0.25) is 4.79 Å². The van der Waals surface area contributed by atoms with Gasteiger partial charge in [0.25, 0.3) is 0 Å². The molecule has 2 rings (SSSR count). The van der Waals surface area contributed by atoms with Crippen LogP contribution in [0.15, 0.2) is 0 Å². The van der Waals surface area contributed by atoms with E-state index in [4.69, 9.17) is 0 Å². The Hall–Kier alpha value is -0.220. The highest BCUT2D eigenvalue weighted by Gasteiger charge is 2.31. The van der Waals surface area contributed by atoms with Gasteiger partial charge in [-0.1, -0.05) is 13.3 Å². The van der Waals surface area contributed by atoms with E-state index in [1.165, 1.54) is 19.3 Å². The Morgan fingerprint density at radius 3 is 3.00 bits per heavy atom. The second kappa shape index (κ2) is 5.92. The van der Waals surface area contributed by atoms with Crippen LogP contribution in [0, 0.1) is 5.92 Å². The summed E-state index contributed by atoms with van der Waals surface area (Å²) in [5.74, 6) is 1.65. The summed E-state index contributed by atoms with van der Waals surface area (Å²) in [5.41, 5.74) is 0. The van der Waals surface area contributed by atoms with Gasteiger partial charge >= 0.3 is 0 Å². The van der Waals surface area contributed by atoms with Gasteiger partial charge in [0.1, 0.15) is 0 Å². The fraction of sp³-hybridized carbons (Fsp3) is 0.917. The lowest BCUT2D eigenvalue weighted by Crippen LogP contribution is -2.42. The van der Waals surface area contributed by atoms with E-state index in [9.17, 15) is 4.79 Å². The van der Waals surface area contributed by atoms with E-state index in [-0.39, 0.29) is 11.8 Å². The molecule has 1 amide bonds. The van der Waals surface area contributed by atoms with E-state index >= 15 is 0 Å². The van der Waals surface area contributed by atoms with Crippen molar-refractivity contribution in [3.63, 3.8) is 0 Å². The van der Waals surface area contributed by atoms with Gasteiger partial charge in [-0.15, -0.1) is 0 Å². The summed E-state index contributed by atoms with van der Waals surface area (Å²) in [5, 5.41) is 7.16. The molecule has 0 radical (unpaired) electrons. The van der Waals surface area contributed by atoms with E-state index in [1.54, 1.807) is 0 Å². The van der Waals surface area contributed by atoms with Crippen molar-refractivity contribution < 1.29 is 4.79 Å². The third kappa shape index (κ3) is 2.92. The maximum absolute atomic E-state index is 12.0. The lowest BCUT2D eigenvalue weighted by molar-refractivity contribution is -0.125. The summed E-state index contributed by atoms with van der Waals surface area (Å²) in [6.07, 6.45) is 4.71. The Morgan fingerprint density at radius 2 is 2.31 bits per heavy atom. The quantitative estimate of drug-likeness (QED) is 0.783. The van der Waals surface area contributed by atoms with E-state index < -0.39 is 0 Å². The van der Waals surface area contributed by atoms with Gasteiger partial charge in [-0.05, 0) is 31.6 Å². The molecule has 3 atom stereocenters. The van der Waals surface area contributed by atoms with Crippen LogP contribution in [0.25, 0.3) is 0 Å². The van der Waals surface area contributed by atoms with Gasteiger partial charge in [0.2, 0.25) is 5.91 Å². The maximum atomic E-state index is 12.0. The molecule has 0 aromatic carbocycles. The first-order chi connectivity index (χ1) is 7.81. The minimum absolute atomic E-state index is 0.216. The van der Waals surface area contributed by atoms with Crippen LogP contribution in [0.3, 0.4) is 0 Å². The Labute approximate surface area is 102 Å². The molecular formula is C12H22N2OS. The number of hydrogen-bond acceptors (Lipinski definition) is 3. The van der Waals surface area contributed by atoms with Crippen LogP contribution >= 0.6 is 11.8 Å². The minimum Gasteiger partial charge on any atom is -0.352 e. The maximum Gasteiger partial charge on any atom is 0.224 e. The molecular weight excluding hydrogens is 220 g/mol. The lowest BCUT2D eigenvalue weighted by Gasteiger charge is -2.21. The third-order valence-corrected chi connectivity index (χ3v) is 4.92. The minimum atomic E-state index is 0.216. The molecule has 1 aliphatic carbocycles. The molecule has 16 heavy (non-hydrogen) atoms. The number of carbonyl (C=O) groups is 1. The smallest absolute Gasteiger partial charge is 0.224 e. The summed E-state index contributed by atoms with van der Waals surface area (Å²) in [6, 6.07) is 0.429. The second-order valence-electron chi connectivity index (χ2n) is 4.73. The number of hydrogen-bond donors (Lipinski definition) is 2. The highest BCUT2D eigenvalue weighted by atomic mass is 32.2. The molecule has 2 aliphatic rings. The zero-order valence-corrected chi connectivity index (χ0v) is 10.8.